The third-order valence-electron chi connectivity index (χ3n) is 4.06. The molecule has 0 aliphatic carbocycles. The van der Waals surface area contributed by atoms with Crippen LogP contribution in [0.3, 0.4) is 0 Å². The van der Waals surface area contributed by atoms with E-state index in [1.54, 1.807) is 6.07 Å². The van der Waals surface area contributed by atoms with Crippen LogP contribution in [-0.2, 0) is 0 Å². The summed E-state index contributed by atoms with van der Waals surface area (Å²) >= 11 is 1.46. The summed E-state index contributed by atoms with van der Waals surface area (Å²) in [6.45, 7) is 3.79. The number of benzene rings is 2. The first-order chi connectivity index (χ1) is 13.0. The van der Waals surface area contributed by atoms with E-state index in [9.17, 15) is 4.79 Å². The van der Waals surface area contributed by atoms with Gasteiger partial charge in [0.1, 0.15) is 10.6 Å². The molecular weight excluding hydrogens is 364 g/mol. The van der Waals surface area contributed by atoms with Gasteiger partial charge in [-0.05, 0) is 36.8 Å². The van der Waals surface area contributed by atoms with Crippen LogP contribution in [0, 0.1) is 13.8 Å². The Bertz CT molecular complexity index is 1150. The fraction of sp³-hybridized carbons (Fsp3) is 0.158. The van der Waals surface area contributed by atoms with Crippen LogP contribution in [0.5, 0.6) is 5.75 Å². The molecule has 0 spiro atoms. The summed E-state index contributed by atoms with van der Waals surface area (Å²) < 4.78 is 11.0. The maximum atomic E-state index is 12.7. The Morgan fingerprint density at radius 1 is 1.15 bits per heavy atom. The molecule has 0 aliphatic rings. The van der Waals surface area contributed by atoms with Crippen LogP contribution >= 0.6 is 11.3 Å². The number of hydrogen-bond acceptors (Lipinski definition) is 7. The number of thiazole rings is 1. The predicted molar refractivity (Wildman–Crippen MR) is 103 cm³/mol. The molecule has 136 valence electrons. The normalized spacial score (nSPS) is 10.9. The molecule has 0 unspecified atom stereocenters. The van der Waals surface area contributed by atoms with Gasteiger partial charge in [-0.15, -0.1) is 16.4 Å². The van der Waals surface area contributed by atoms with E-state index in [1.807, 2.05) is 44.2 Å². The minimum Gasteiger partial charge on any atom is -0.496 e. The Labute approximate surface area is 159 Å². The number of carbonyl (C=O) groups is 1. The maximum Gasteiger partial charge on any atom is 0.322 e. The number of methoxy groups -OCH3 is 1. The SMILES string of the molecule is COc1cc2ccccc2cc1C(=O)Nc1nnc(-c2sc(C)nc2C)o1. The van der Waals surface area contributed by atoms with E-state index >= 15 is 0 Å². The number of amides is 1. The van der Waals surface area contributed by atoms with Gasteiger partial charge in [-0.25, -0.2) is 4.98 Å². The fourth-order valence-corrected chi connectivity index (χ4v) is 3.67. The second-order valence-corrected chi connectivity index (χ2v) is 7.12. The van der Waals surface area contributed by atoms with Crippen LogP contribution in [-0.4, -0.2) is 28.2 Å². The van der Waals surface area contributed by atoms with E-state index in [1.165, 1.54) is 18.4 Å². The molecule has 0 radical (unpaired) electrons. The first-order valence-corrected chi connectivity index (χ1v) is 9.03. The number of fused-ring (bicyclic) bond motifs is 1. The average molecular weight is 380 g/mol. The molecule has 0 atom stereocenters. The van der Waals surface area contributed by atoms with Crippen molar-refractivity contribution in [2.45, 2.75) is 13.8 Å². The van der Waals surface area contributed by atoms with Crippen molar-refractivity contribution in [1.82, 2.24) is 15.2 Å². The molecule has 8 heteroatoms. The largest absolute Gasteiger partial charge is 0.496 e. The molecule has 4 aromatic rings. The van der Waals surface area contributed by atoms with Gasteiger partial charge < -0.3 is 9.15 Å². The highest BCUT2D eigenvalue weighted by Crippen LogP contribution is 2.30. The number of anilines is 1. The molecule has 0 saturated heterocycles. The van der Waals surface area contributed by atoms with E-state index in [2.05, 4.69) is 20.5 Å². The molecule has 0 fully saturated rings. The maximum absolute atomic E-state index is 12.7. The van der Waals surface area contributed by atoms with Crippen LogP contribution in [0.2, 0.25) is 0 Å². The molecule has 2 heterocycles. The Morgan fingerprint density at radius 3 is 2.56 bits per heavy atom. The number of nitrogens with zero attached hydrogens (tertiary/aromatic N) is 3. The zero-order chi connectivity index (χ0) is 19.0. The summed E-state index contributed by atoms with van der Waals surface area (Å²) in [5, 5.41) is 13.4. The molecule has 1 N–H and O–H groups in total. The zero-order valence-electron chi connectivity index (χ0n) is 14.9. The summed E-state index contributed by atoms with van der Waals surface area (Å²) in [4.78, 5) is 17.9. The quantitative estimate of drug-likeness (QED) is 0.570. The van der Waals surface area contributed by atoms with Crippen LogP contribution in [0.1, 0.15) is 21.1 Å². The molecule has 4 rings (SSSR count). The highest BCUT2D eigenvalue weighted by Gasteiger charge is 2.19. The summed E-state index contributed by atoms with van der Waals surface area (Å²) in [5.74, 6) is 0.420. The lowest BCUT2D eigenvalue weighted by Gasteiger charge is -2.09. The number of hydrogen-bond donors (Lipinski definition) is 1. The Hall–Kier alpha value is -3.26. The fourth-order valence-electron chi connectivity index (χ4n) is 2.83. The predicted octanol–water partition coefficient (Wildman–Crippen LogP) is 4.22. The minimum atomic E-state index is -0.384. The Morgan fingerprint density at radius 2 is 1.89 bits per heavy atom. The van der Waals surface area contributed by atoms with Crippen molar-refractivity contribution in [3.63, 3.8) is 0 Å². The lowest BCUT2D eigenvalue weighted by atomic mass is 10.1. The van der Waals surface area contributed by atoms with Gasteiger partial charge in [0, 0.05) is 0 Å². The van der Waals surface area contributed by atoms with Gasteiger partial charge >= 0.3 is 6.01 Å². The lowest BCUT2D eigenvalue weighted by Crippen LogP contribution is -2.13. The van der Waals surface area contributed by atoms with Crippen LogP contribution in [0.4, 0.5) is 6.01 Å². The number of rotatable bonds is 4. The molecule has 1 amide bonds. The number of carbonyl (C=O) groups excluding carboxylic acids is 1. The topological polar surface area (TPSA) is 90.1 Å². The van der Waals surface area contributed by atoms with Gasteiger partial charge in [-0.3, -0.25) is 10.1 Å². The van der Waals surface area contributed by atoms with E-state index in [4.69, 9.17) is 9.15 Å². The number of ether oxygens (including phenoxy) is 1. The van der Waals surface area contributed by atoms with Crippen LogP contribution in [0.15, 0.2) is 40.8 Å². The summed E-state index contributed by atoms with van der Waals surface area (Å²) in [6.07, 6.45) is 0. The Balaban J connectivity index is 1.63. The molecule has 7 nitrogen and oxygen atoms in total. The van der Waals surface area contributed by atoms with E-state index in [-0.39, 0.29) is 11.9 Å². The van der Waals surface area contributed by atoms with E-state index in [0.29, 0.717) is 17.2 Å². The molecule has 0 aliphatic heterocycles. The second-order valence-electron chi connectivity index (χ2n) is 5.91. The summed E-state index contributed by atoms with van der Waals surface area (Å²) in [7, 11) is 1.53. The molecule has 27 heavy (non-hydrogen) atoms. The smallest absolute Gasteiger partial charge is 0.322 e. The molecule has 0 saturated carbocycles. The van der Waals surface area contributed by atoms with Gasteiger partial charge in [0.25, 0.3) is 11.8 Å². The number of nitrogens with one attached hydrogen (secondary N) is 1. The third-order valence-corrected chi connectivity index (χ3v) is 5.12. The number of aromatic nitrogens is 3. The number of aryl methyl sites for hydroxylation is 2. The molecular formula is C19H16N4O3S. The zero-order valence-corrected chi connectivity index (χ0v) is 15.8. The highest BCUT2D eigenvalue weighted by atomic mass is 32.1. The van der Waals surface area contributed by atoms with Crippen molar-refractivity contribution in [1.29, 1.82) is 0 Å². The second kappa shape index (κ2) is 6.81. The third kappa shape index (κ3) is 3.26. The van der Waals surface area contributed by atoms with Crippen molar-refractivity contribution in [2.75, 3.05) is 12.4 Å². The van der Waals surface area contributed by atoms with Crippen LogP contribution in [0.25, 0.3) is 21.5 Å². The average Bonchev–Trinajstić information content (AvgIpc) is 3.26. The Kier molecular flexibility index (Phi) is 4.33. The molecule has 2 aromatic carbocycles. The van der Waals surface area contributed by atoms with Crippen molar-refractivity contribution < 1.29 is 13.9 Å². The van der Waals surface area contributed by atoms with Gasteiger partial charge in [-0.2, -0.15) is 0 Å². The lowest BCUT2D eigenvalue weighted by molar-refractivity contribution is 0.102. The van der Waals surface area contributed by atoms with Gasteiger partial charge in [0.2, 0.25) is 0 Å². The standard InChI is InChI=1S/C19H16N4O3S/c1-10-16(27-11(2)20-10)18-22-23-19(26-18)21-17(24)14-8-12-6-4-5-7-13(12)9-15(14)25-3/h4-9H,1-3H3,(H,21,23,24). The van der Waals surface area contributed by atoms with Gasteiger partial charge in [-0.1, -0.05) is 29.4 Å². The summed E-state index contributed by atoms with van der Waals surface area (Å²) in [5.41, 5.74) is 1.20. The van der Waals surface area contributed by atoms with Crippen molar-refractivity contribution >= 4 is 34.0 Å². The van der Waals surface area contributed by atoms with E-state index in [0.717, 1.165) is 26.4 Å². The van der Waals surface area contributed by atoms with Crippen molar-refractivity contribution in [2.24, 2.45) is 0 Å². The first kappa shape index (κ1) is 17.2. The first-order valence-electron chi connectivity index (χ1n) is 8.21. The van der Waals surface area contributed by atoms with E-state index < -0.39 is 0 Å². The van der Waals surface area contributed by atoms with Gasteiger partial charge in [0.15, 0.2) is 0 Å². The van der Waals surface area contributed by atoms with Crippen molar-refractivity contribution in [3.8, 4) is 16.5 Å². The highest BCUT2D eigenvalue weighted by molar-refractivity contribution is 7.15. The minimum absolute atomic E-state index is 0.0238. The van der Waals surface area contributed by atoms with Gasteiger partial charge in [0.05, 0.1) is 23.4 Å². The molecule has 0 bridgehead atoms. The summed E-state index contributed by atoms with van der Waals surface area (Å²) in [6, 6.07) is 11.4. The monoisotopic (exact) mass is 380 g/mol. The van der Waals surface area contributed by atoms with Crippen LogP contribution < -0.4 is 10.1 Å². The van der Waals surface area contributed by atoms with Crippen molar-refractivity contribution in [3.05, 3.63) is 52.7 Å². The molecule has 2 aromatic heterocycles.